The molecule has 0 aliphatic heterocycles. The van der Waals surface area contributed by atoms with Crippen LogP contribution in [0.4, 0.5) is 0 Å². The Balaban J connectivity index is 2.96. The third kappa shape index (κ3) is 2.57. The first kappa shape index (κ1) is 13.5. The maximum atomic E-state index is 11.7. The summed E-state index contributed by atoms with van der Waals surface area (Å²) in [6.07, 6.45) is 6.10. The van der Waals surface area contributed by atoms with E-state index in [0.717, 1.165) is 32.2 Å². The zero-order valence-corrected chi connectivity index (χ0v) is 10.8. The SMILES string of the molecule is CCN(C(C)C)C1(C(=O)O)CCCCCC1. The molecule has 0 unspecified atom stereocenters. The van der Waals surface area contributed by atoms with Gasteiger partial charge in [-0.2, -0.15) is 0 Å². The fraction of sp³-hybridized carbons (Fsp3) is 0.923. The van der Waals surface area contributed by atoms with Gasteiger partial charge < -0.3 is 5.11 Å². The van der Waals surface area contributed by atoms with Crippen molar-refractivity contribution >= 4 is 5.97 Å². The quantitative estimate of drug-likeness (QED) is 0.751. The first-order chi connectivity index (χ1) is 7.54. The monoisotopic (exact) mass is 227 g/mol. The molecule has 1 fully saturated rings. The summed E-state index contributed by atoms with van der Waals surface area (Å²) >= 11 is 0. The molecule has 0 aromatic heterocycles. The second-order valence-corrected chi connectivity index (χ2v) is 5.13. The van der Waals surface area contributed by atoms with Gasteiger partial charge in [-0.25, -0.2) is 0 Å². The molecule has 1 rings (SSSR count). The molecule has 0 atom stereocenters. The zero-order valence-electron chi connectivity index (χ0n) is 10.8. The van der Waals surface area contributed by atoms with Crippen LogP contribution in [-0.4, -0.2) is 34.1 Å². The van der Waals surface area contributed by atoms with Crippen LogP contribution in [0.2, 0.25) is 0 Å². The van der Waals surface area contributed by atoms with Gasteiger partial charge >= 0.3 is 5.97 Å². The van der Waals surface area contributed by atoms with E-state index in [1.54, 1.807) is 0 Å². The summed E-state index contributed by atoms with van der Waals surface area (Å²) in [5, 5.41) is 9.62. The van der Waals surface area contributed by atoms with Gasteiger partial charge in [0.2, 0.25) is 0 Å². The summed E-state index contributed by atoms with van der Waals surface area (Å²) in [5.41, 5.74) is -0.598. The van der Waals surface area contributed by atoms with Gasteiger partial charge in [0.05, 0.1) is 0 Å². The summed E-state index contributed by atoms with van der Waals surface area (Å²) in [7, 11) is 0. The van der Waals surface area contributed by atoms with Crippen LogP contribution in [0, 0.1) is 0 Å². The van der Waals surface area contributed by atoms with Crippen molar-refractivity contribution in [2.75, 3.05) is 6.54 Å². The van der Waals surface area contributed by atoms with Crippen molar-refractivity contribution in [3.8, 4) is 0 Å². The lowest BCUT2D eigenvalue weighted by atomic mass is 9.87. The minimum atomic E-state index is -0.620. The van der Waals surface area contributed by atoms with Crippen LogP contribution in [0.5, 0.6) is 0 Å². The highest BCUT2D eigenvalue weighted by molar-refractivity contribution is 5.78. The highest BCUT2D eigenvalue weighted by Crippen LogP contribution is 2.34. The van der Waals surface area contributed by atoms with Crippen molar-refractivity contribution in [1.82, 2.24) is 4.90 Å². The van der Waals surface area contributed by atoms with Gasteiger partial charge in [-0.3, -0.25) is 9.69 Å². The van der Waals surface area contributed by atoms with Gasteiger partial charge in [0.15, 0.2) is 0 Å². The molecule has 0 saturated heterocycles. The molecule has 3 heteroatoms. The molecular weight excluding hydrogens is 202 g/mol. The highest BCUT2D eigenvalue weighted by Gasteiger charge is 2.44. The molecule has 1 aliphatic rings. The molecule has 0 radical (unpaired) electrons. The van der Waals surface area contributed by atoms with Crippen LogP contribution in [0.1, 0.15) is 59.3 Å². The molecule has 3 nitrogen and oxygen atoms in total. The Hall–Kier alpha value is -0.570. The van der Waals surface area contributed by atoms with Gasteiger partial charge in [0.25, 0.3) is 0 Å². The van der Waals surface area contributed by atoms with Crippen molar-refractivity contribution in [2.45, 2.75) is 70.9 Å². The Bertz CT molecular complexity index is 230. The van der Waals surface area contributed by atoms with Gasteiger partial charge in [-0.1, -0.05) is 32.6 Å². The predicted molar refractivity (Wildman–Crippen MR) is 65.6 cm³/mol. The molecule has 0 aromatic rings. The Labute approximate surface area is 98.8 Å². The molecule has 94 valence electrons. The van der Waals surface area contributed by atoms with E-state index in [1.807, 2.05) is 0 Å². The standard InChI is InChI=1S/C13H25NO2/c1-4-14(11(2)3)13(12(15)16)9-7-5-6-8-10-13/h11H,4-10H2,1-3H3,(H,15,16). The summed E-state index contributed by atoms with van der Waals surface area (Å²) in [6.45, 7) is 7.08. The summed E-state index contributed by atoms with van der Waals surface area (Å²) in [4.78, 5) is 13.9. The Morgan fingerprint density at radius 2 is 1.75 bits per heavy atom. The molecule has 1 N–H and O–H groups in total. The number of hydrogen-bond donors (Lipinski definition) is 1. The molecule has 1 saturated carbocycles. The molecule has 0 bridgehead atoms. The second kappa shape index (κ2) is 5.67. The third-order valence-corrected chi connectivity index (χ3v) is 3.84. The van der Waals surface area contributed by atoms with Gasteiger partial charge in [0, 0.05) is 6.04 Å². The number of carbonyl (C=O) groups is 1. The lowest BCUT2D eigenvalue weighted by molar-refractivity contribution is -0.154. The van der Waals surface area contributed by atoms with Crippen LogP contribution in [-0.2, 0) is 4.79 Å². The van der Waals surface area contributed by atoms with E-state index in [4.69, 9.17) is 0 Å². The first-order valence-electron chi connectivity index (χ1n) is 6.54. The lowest BCUT2D eigenvalue weighted by Crippen LogP contribution is -2.57. The molecular formula is C13H25NO2. The second-order valence-electron chi connectivity index (χ2n) is 5.13. The third-order valence-electron chi connectivity index (χ3n) is 3.84. The van der Waals surface area contributed by atoms with Gasteiger partial charge in [-0.05, 0) is 33.2 Å². The van der Waals surface area contributed by atoms with E-state index in [0.29, 0.717) is 6.04 Å². The van der Waals surface area contributed by atoms with Gasteiger partial charge in [-0.15, -0.1) is 0 Å². The number of rotatable bonds is 4. The maximum Gasteiger partial charge on any atom is 0.324 e. The zero-order chi connectivity index (χ0) is 12.2. The van der Waals surface area contributed by atoms with Crippen molar-refractivity contribution in [1.29, 1.82) is 0 Å². The van der Waals surface area contributed by atoms with Crippen molar-refractivity contribution in [3.05, 3.63) is 0 Å². The maximum absolute atomic E-state index is 11.7. The molecule has 16 heavy (non-hydrogen) atoms. The fourth-order valence-corrected chi connectivity index (χ4v) is 3.10. The number of carboxylic acid groups (broad SMARTS) is 1. The van der Waals surface area contributed by atoms with Crippen molar-refractivity contribution in [2.24, 2.45) is 0 Å². The van der Waals surface area contributed by atoms with Crippen molar-refractivity contribution < 1.29 is 9.90 Å². The van der Waals surface area contributed by atoms with E-state index in [1.165, 1.54) is 12.8 Å². The highest BCUT2D eigenvalue weighted by atomic mass is 16.4. The van der Waals surface area contributed by atoms with E-state index in [9.17, 15) is 9.90 Å². The Kier molecular flexibility index (Phi) is 4.78. The minimum absolute atomic E-state index is 0.305. The largest absolute Gasteiger partial charge is 0.480 e. The number of likely N-dealkylation sites (N-methyl/N-ethyl adjacent to an activating group) is 1. The predicted octanol–water partition coefficient (Wildman–Crippen LogP) is 2.89. The normalized spacial score (nSPS) is 21.1. The number of aliphatic carboxylic acids is 1. The van der Waals surface area contributed by atoms with E-state index >= 15 is 0 Å². The fourth-order valence-electron chi connectivity index (χ4n) is 3.10. The number of nitrogens with zero attached hydrogens (tertiary/aromatic N) is 1. The topological polar surface area (TPSA) is 40.5 Å². The van der Waals surface area contributed by atoms with E-state index < -0.39 is 11.5 Å². The molecule has 1 aliphatic carbocycles. The summed E-state index contributed by atoms with van der Waals surface area (Å²) in [5.74, 6) is -0.620. The van der Waals surface area contributed by atoms with Crippen LogP contribution in [0.3, 0.4) is 0 Å². The molecule has 0 heterocycles. The average molecular weight is 227 g/mol. The number of carboxylic acids is 1. The van der Waals surface area contributed by atoms with Crippen LogP contribution >= 0.6 is 0 Å². The first-order valence-corrected chi connectivity index (χ1v) is 6.54. The number of hydrogen-bond acceptors (Lipinski definition) is 2. The van der Waals surface area contributed by atoms with Gasteiger partial charge in [0.1, 0.15) is 5.54 Å². The molecule has 0 aromatic carbocycles. The Morgan fingerprint density at radius 1 is 1.25 bits per heavy atom. The van der Waals surface area contributed by atoms with Crippen molar-refractivity contribution in [3.63, 3.8) is 0 Å². The lowest BCUT2D eigenvalue weighted by Gasteiger charge is -2.42. The molecule has 0 spiro atoms. The summed E-state index contributed by atoms with van der Waals surface area (Å²) in [6, 6.07) is 0.305. The summed E-state index contributed by atoms with van der Waals surface area (Å²) < 4.78 is 0. The minimum Gasteiger partial charge on any atom is -0.480 e. The van der Waals surface area contributed by atoms with Crippen LogP contribution in [0.25, 0.3) is 0 Å². The van der Waals surface area contributed by atoms with E-state index in [2.05, 4.69) is 25.7 Å². The Morgan fingerprint density at radius 3 is 2.06 bits per heavy atom. The smallest absolute Gasteiger partial charge is 0.324 e. The van der Waals surface area contributed by atoms with Crippen LogP contribution < -0.4 is 0 Å². The van der Waals surface area contributed by atoms with E-state index in [-0.39, 0.29) is 0 Å². The van der Waals surface area contributed by atoms with Crippen LogP contribution in [0.15, 0.2) is 0 Å². The molecule has 0 amide bonds. The average Bonchev–Trinajstić information content (AvgIpc) is 2.45.